The first kappa shape index (κ1) is 10.2. The van der Waals surface area contributed by atoms with Crippen LogP contribution in [0.15, 0.2) is 30.7 Å². The predicted octanol–water partition coefficient (Wildman–Crippen LogP) is 0.658. The van der Waals surface area contributed by atoms with Crippen LogP contribution in [0.25, 0.3) is 0 Å². The summed E-state index contributed by atoms with van der Waals surface area (Å²) < 4.78 is 1.66. The third-order valence-corrected chi connectivity index (χ3v) is 2.02. The average molecular weight is 217 g/mol. The molecule has 0 fully saturated rings. The van der Waals surface area contributed by atoms with Gasteiger partial charge in [0.25, 0.3) is 5.91 Å². The summed E-state index contributed by atoms with van der Waals surface area (Å²) in [6, 6.07) is 3.46. The summed E-state index contributed by atoms with van der Waals surface area (Å²) in [6.45, 7) is 0. The monoisotopic (exact) mass is 217 g/mol. The minimum absolute atomic E-state index is 0.214. The number of nitrogens with zero attached hydrogens (tertiary/aromatic N) is 3. The summed E-state index contributed by atoms with van der Waals surface area (Å²) in [6.07, 6.45) is 4.96. The van der Waals surface area contributed by atoms with Gasteiger partial charge in [0.2, 0.25) is 0 Å². The lowest BCUT2D eigenvalue weighted by Crippen LogP contribution is -2.15. The molecule has 2 heterocycles. The van der Waals surface area contributed by atoms with Crippen LogP contribution in [-0.4, -0.2) is 20.7 Å². The van der Waals surface area contributed by atoms with Gasteiger partial charge in [-0.3, -0.25) is 9.48 Å². The van der Waals surface area contributed by atoms with Crippen molar-refractivity contribution in [2.24, 2.45) is 12.8 Å². The molecule has 2 aromatic heterocycles. The van der Waals surface area contributed by atoms with Crippen LogP contribution in [0.4, 0.5) is 11.4 Å². The topological polar surface area (TPSA) is 85.8 Å². The zero-order chi connectivity index (χ0) is 11.5. The normalized spacial score (nSPS) is 10.1. The quantitative estimate of drug-likeness (QED) is 0.790. The number of anilines is 2. The first-order valence-corrected chi connectivity index (χ1v) is 4.67. The molecule has 3 N–H and O–H groups in total. The first-order chi connectivity index (χ1) is 7.66. The molecule has 0 spiro atoms. The van der Waals surface area contributed by atoms with Crippen LogP contribution in [0.5, 0.6) is 0 Å². The van der Waals surface area contributed by atoms with E-state index in [0.29, 0.717) is 5.69 Å². The van der Waals surface area contributed by atoms with Gasteiger partial charge in [-0.2, -0.15) is 5.10 Å². The largest absolute Gasteiger partial charge is 0.364 e. The van der Waals surface area contributed by atoms with Gasteiger partial charge in [0, 0.05) is 19.4 Å². The number of nitrogens with two attached hydrogens (primary N) is 1. The number of carbonyl (C=O) groups excluding carboxylic acids is 1. The number of hydrogen-bond acceptors (Lipinski definition) is 4. The predicted molar refractivity (Wildman–Crippen MR) is 59.2 cm³/mol. The maximum Gasteiger partial charge on any atom is 0.269 e. The van der Waals surface area contributed by atoms with Gasteiger partial charge in [-0.05, 0) is 12.1 Å². The second kappa shape index (κ2) is 4.01. The molecule has 0 bridgehead atoms. The SMILES string of the molecule is Cn1cc(Nc2cccnc2C(N)=O)cn1. The van der Waals surface area contributed by atoms with E-state index in [-0.39, 0.29) is 5.69 Å². The Balaban J connectivity index is 2.31. The van der Waals surface area contributed by atoms with E-state index < -0.39 is 5.91 Å². The molecule has 16 heavy (non-hydrogen) atoms. The minimum atomic E-state index is -0.563. The standard InChI is InChI=1S/C10H11N5O/c1-15-6-7(5-13-15)14-8-3-2-4-12-9(8)10(11)16/h2-6,14H,1H3,(H2,11,16). The second-order valence-electron chi connectivity index (χ2n) is 3.29. The van der Waals surface area contributed by atoms with Crippen LogP contribution in [-0.2, 0) is 7.05 Å². The van der Waals surface area contributed by atoms with Gasteiger partial charge < -0.3 is 11.1 Å². The van der Waals surface area contributed by atoms with Crippen LogP contribution < -0.4 is 11.1 Å². The number of rotatable bonds is 3. The van der Waals surface area contributed by atoms with Crippen molar-refractivity contribution in [3.63, 3.8) is 0 Å². The maximum absolute atomic E-state index is 11.1. The Morgan fingerprint density at radius 3 is 3.00 bits per heavy atom. The number of aryl methyl sites for hydroxylation is 1. The van der Waals surface area contributed by atoms with E-state index in [1.54, 1.807) is 29.2 Å². The Labute approximate surface area is 92.1 Å². The van der Waals surface area contributed by atoms with Crippen molar-refractivity contribution >= 4 is 17.3 Å². The average Bonchev–Trinajstić information content (AvgIpc) is 2.64. The number of hydrogen-bond donors (Lipinski definition) is 2. The van der Waals surface area contributed by atoms with E-state index in [1.165, 1.54) is 6.20 Å². The lowest BCUT2D eigenvalue weighted by molar-refractivity contribution is 0.0996. The fraction of sp³-hybridized carbons (Fsp3) is 0.100. The molecular weight excluding hydrogens is 206 g/mol. The van der Waals surface area contributed by atoms with Gasteiger partial charge in [0.1, 0.15) is 0 Å². The van der Waals surface area contributed by atoms with E-state index in [9.17, 15) is 4.79 Å². The number of nitrogens with one attached hydrogen (secondary N) is 1. The Kier molecular flexibility index (Phi) is 2.55. The van der Waals surface area contributed by atoms with E-state index in [2.05, 4.69) is 15.4 Å². The van der Waals surface area contributed by atoms with Crippen LogP contribution in [0.1, 0.15) is 10.5 Å². The number of aromatic nitrogens is 3. The maximum atomic E-state index is 11.1. The lowest BCUT2D eigenvalue weighted by Gasteiger charge is -2.06. The highest BCUT2D eigenvalue weighted by molar-refractivity contribution is 5.97. The minimum Gasteiger partial charge on any atom is -0.364 e. The third-order valence-electron chi connectivity index (χ3n) is 2.02. The van der Waals surface area contributed by atoms with Crippen LogP contribution >= 0.6 is 0 Å². The summed E-state index contributed by atoms with van der Waals surface area (Å²) in [5.41, 5.74) is 6.77. The molecule has 0 atom stereocenters. The zero-order valence-electron chi connectivity index (χ0n) is 8.71. The smallest absolute Gasteiger partial charge is 0.269 e. The van der Waals surface area contributed by atoms with Gasteiger partial charge in [-0.25, -0.2) is 4.98 Å². The molecule has 0 aliphatic carbocycles. The zero-order valence-corrected chi connectivity index (χ0v) is 8.71. The van der Waals surface area contributed by atoms with Crippen molar-refractivity contribution in [1.82, 2.24) is 14.8 Å². The van der Waals surface area contributed by atoms with Crippen LogP contribution in [0, 0.1) is 0 Å². The highest BCUT2D eigenvalue weighted by Gasteiger charge is 2.09. The van der Waals surface area contributed by atoms with E-state index in [0.717, 1.165) is 5.69 Å². The molecule has 82 valence electrons. The summed E-state index contributed by atoms with van der Waals surface area (Å²) in [4.78, 5) is 15.0. The van der Waals surface area contributed by atoms with Gasteiger partial charge in [-0.1, -0.05) is 0 Å². The molecule has 0 aliphatic rings. The molecule has 0 saturated heterocycles. The fourth-order valence-corrected chi connectivity index (χ4v) is 1.34. The van der Waals surface area contributed by atoms with Crippen LogP contribution in [0.2, 0.25) is 0 Å². The number of pyridine rings is 1. The van der Waals surface area contributed by atoms with Crippen LogP contribution in [0.3, 0.4) is 0 Å². The number of carbonyl (C=O) groups is 1. The van der Waals surface area contributed by atoms with Gasteiger partial charge in [0.05, 0.1) is 17.6 Å². The van der Waals surface area contributed by atoms with Crippen molar-refractivity contribution in [1.29, 1.82) is 0 Å². The van der Waals surface area contributed by atoms with E-state index in [1.807, 2.05) is 7.05 Å². The van der Waals surface area contributed by atoms with Crippen molar-refractivity contribution < 1.29 is 4.79 Å². The Morgan fingerprint density at radius 1 is 1.56 bits per heavy atom. The molecule has 1 amide bonds. The molecule has 0 radical (unpaired) electrons. The van der Waals surface area contributed by atoms with Crippen molar-refractivity contribution in [3.05, 3.63) is 36.4 Å². The molecular formula is C10H11N5O. The van der Waals surface area contributed by atoms with Gasteiger partial charge >= 0.3 is 0 Å². The molecule has 0 aromatic carbocycles. The summed E-state index contributed by atoms with van der Waals surface area (Å²) in [7, 11) is 1.81. The fourth-order valence-electron chi connectivity index (χ4n) is 1.34. The first-order valence-electron chi connectivity index (χ1n) is 4.67. The molecule has 0 saturated carbocycles. The van der Waals surface area contributed by atoms with Crippen molar-refractivity contribution in [3.8, 4) is 0 Å². The van der Waals surface area contributed by atoms with E-state index in [4.69, 9.17) is 5.73 Å². The third kappa shape index (κ3) is 2.00. The summed E-state index contributed by atoms with van der Waals surface area (Å²) in [5.74, 6) is -0.563. The van der Waals surface area contributed by atoms with Crippen molar-refractivity contribution in [2.75, 3.05) is 5.32 Å². The highest BCUT2D eigenvalue weighted by atomic mass is 16.1. The van der Waals surface area contributed by atoms with E-state index >= 15 is 0 Å². The lowest BCUT2D eigenvalue weighted by atomic mass is 10.3. The summed E-state index contributed by atoms with van der Waals surface area (Å²) >= 11 is 0. The van der Waals surface area contributed by atoms with Gasteiger partial charge in [0.15, 0.2) is 5.69 Å². The molecule has 6 nitrogen and oxygen atoms in total. The van der Waals surface area contributed by atoms with Crippen molar-refractivity contribution in [2.45, 2.75) is 0 Å². The molecule has 0 unspecified atom stereocenters. The Morgan fingerprint density at radius 2 is 2.38 bits per heavy atom. The highest BCUT2D eigenvalue weighted by Crippen LogP contribution is 2.17. The van der Waals surface area contributed by atoms with Gasteiger partial charge in [-0.15, -0.1) is 0 Å². The summed E-state index contributed by atoms with van der Waals surface area (Å²) in [5, 5.41) is 7.03. The molecule has 6 heteroatoms. The molecule has 2 rings (SSSR count). The second-order valence-corrected chi connectivity index (χ2v) is 3.29. The number of primary amides is 1. The molecule has 0 aliphatic heterocycles. The Hall–Kier alpha value is -2.37. The Bertz CT molecular complexity index is 519. The molecule has 2 aromatic rings. The number of amides is 1.